The lowest BCUT2D eigenvalue weighted by Crippen LogP contribution is -2.30. The van der Waals surface area contributed by atoms with Crippen LogP contribution in [0.15, 0.2) is 65.1 Å². The number of furan rings is 1. The Labute approximate surface area is 211 Å². The molecular weight excluding hydrogens is 482 g/mol. The number of aromatic hydroxyl groups is 1. The molecule has 0 aliphatic heterocycles. The number of nitrogens with one attached hydrogen (secondary N) is 1. The number of fused-ring (bicyclic) bond motifs is 1. The fourth-order valence-electron chi connectivity index (χ4n) is 3.84. The molecule has 4 aromatic rings. The van der Waals surface area contributed by atoms with Crippen molar-refractivity contribution in [3.63, 3.8) is 0 Å². The number of aromatic carboxylic acids is 1. The third-order valence-corrected chi connectivity index (χ3v) is 6.03. The minimum absolute atomic E-state index is 0.0641. The highest BCUT2D eigenvalue weighted by atomic mass is 35.5. The van der Waals surface area contributed by atoms with E-state index in [4.69, 9.17) is 20.8 Å². The molecule has 0 saturated heterocycles. The number of rotatable bonds is 8. The zero-order valence-corrected chi connectivity index (χ0v) is 19.8. The van der Waals surface area contributed by atoms with Gasteiger partial charge >= 0.3 is 5.97 Å². The van der Waals surface area contributed by atoms with Gasteiger partial charge in [-0.2, -0.15) is 0 Å². The normalized spacial score (nSPS) is 13.2. The van der Waals surface area contributed by atoms with E-state index >= 15 is 0 Å². The Morgan fingerprint density at radius 1 is 1.08 bits per heavy atom. The molecule has 3 N–H and O–H groups in total. The topological polar surface area (TPSA) is 109 Å². The van der Waals surface area contributed by atoms with Gasteiger partial charge < -0.3 is 24.7 Å². The molecule has 8 heteroatoms. The molecule has 182 valence electrons. The standard InChI is InChI=1S/C28H22ClNO6/c29-18-3-1-2-16(12-18)4-11-21-22-13-23(28(33)34)24(31)14-25(22)36-27(21)17-5-9-20(10-6-17)35-15-26(32)30-19-7-8-19/h1-6,9-14,19,31H,7-8,15H2,(H,30,32)(H,33,34)/b11-4+. The molecule has 0 unspecified atom stereocenters. The molecule has 1 aliphatic carbocycles. The van der Waals surface area contributed by atoms with Gasteiger partial charge in [-0.15, -0.1) is 0 Å². The third kappa shape index (κ3) is 5.21. The number of carboxylic acid groups (broad SMARTS) is 1. The van der Waals surface area contributed by atoms with E-state index in [2.05, 4.69) is 5.32 Å². The second-order valence-electron chi connectivity index (χ2n) is 8.56. The van der Waals surface area contributed by atoms with Crippen molar-refractivity contribution in [2.45, 2.75) is 18.9 Å². The molecule has 1 aliphatic rings. The van der Waals surface area contributed by atoms with E-state index in [-0.39, 0.29) is 29.9 Å². The van der Waals surface area contributed by atoms with Gasteiger partial charge in [0.05, 0.1) is 0 Å². The summed E-state index contributed by atoms with van der Waals surface area (Å²) in [6.07, 6.45) is 5.70. The minimum atomic E-state index is -1.24. The zero-order chi connectivity index (χ0) is 25.2. The number of carbonyl (C=O) groups excluding carboxylic acids is 1. The van der Waals surface area contributed by atoms with Crippen LogP contribution in [0, 0.1) is 0 Å². The average molecular weight is 504 g/mol. The van der Waals surface area contributed by atoms with Crippen LogP contribution in [0.1, 0.15) is 34.3 Å². The van der Waals surface area contributed by atoms with E-state index in [0.717, 1.165) is 18.4 Å². The maximum Gasteiger partial charge on any atom is 0.339 e. The molecule has 1 aromatic heterocycles. The number of amides is 1. The van der Waals surface area contributed by atoms with E-state index in [1.165, 1.54) is 12.1 Å². The quantitative estimate of drug-likeness (QED) is 0.273. The summed E-state index contributed by atoms with van der Waals surface area (Å²) in [5.41, 5.74) is 2.33. The van der Waals surface area contributed by atoms with Gasteiger partial charge in [0.25, 0.3) is 5.91 Å². The van der Waals surface area contributed by atoms with Gasteiger partial charge in [-0.3, -0.25) is 4.79 Å². The van der Waals surface area contributed by atoms with Crippen molar-refractivity contribution in [3.05, 3.63) is 82.4 Å². The van der Waals surface area contributed by atoms with Crippen molar-refractivity contribution in [1.82, 2.24) is 5.32 Å². The Balaban J connectivity index is 1.49. The molecule has 0 spiro atoms. The highest BCUT2D eigenvalue weighted by Crippen LogP contribution is 2.38. The Morgan fingerprint density at radius 3 is 2.56 bits per heavy atom. The average Bonchev–Trinajstić information content (AvgIpc) is 3.60. The van der Waals surface area contributed by atoms with Gasteiger partial charge in [0.15, 0.2) is 6.61 Å². The van der Waals surface area contributed by atoms with Crippen molar-refractivity contribution in [1.29, 1.82) is 0 Å². The Bertz CT molecular complexity index is 1480. The van der Waals surface area contributed by atoms with Crippen LogP contribution in [0.4, 0.5) is 0 Å². The van der Waals surface area contributed by atoms with Crippen molar-refractivity contribution in [2.75, 3.05) is 6.61 Å². The summed E-state index contributed by atoms with van der Waals surface area (Å²) in [7, 11) is 0. The van der Waals surface area contributed by atoms with Crippen LogP contribution in [0.3, 0.4) is 0 Å². The highest BCUT2D eigenvalue weighted by Gasteiger charge is 2.23. The van der Waals surface area contributed by atoms with Gasteiger partial charge in [-0.25, -0.2) is 4.79 Å². The first kappa shape index (κ1) is 23.5. The largest absolute Gasteiger partial charge is 0.507 e. The third-order valence-electron chi connectivity index (χ3n) is 5.80. The predicted octanol–water partition coefficient (Wildman–Crippen LogP) is 5.98. The number of hydrogen-bond acceptors (Lipinski definition) is 5. The van der Waals surface area contributed by atoms with Crippen molar-refractivity contribution in [2.24, 2.45) is 0 Å². The molecule has 1 amide bonds. The first-order valence-electron chi connectivity index (χ1n) is 11.4. The Morgan fingerprint density at radius 2 is 1.86 bits per heavy atom. The molecule has 5 rings (SSSR count). The van der Waals surface area contributed by atoms with Crippen LogP contribution in [0.5, 0.6) is 11.5 Å². The van der Waals surface area contributed by atoms with E-state index in [1.807, 2.05) is 24.3 Å². The molecule has 3 aromatic carbocycles. The van der Waals surface area contributed by atoms with Gasteiger partial charge in [-0.1, -0.05) is 29.8 Å². The Hall–Kier alpha value is -4.23. The smallest absolute Gasteiger partial charge is 0.339 e. The minimum Gasteiger partial charge on any atom is -0.507 e. The number of carboxylic acids is 1. The summed E-state index contributed by atoms with van der Waals surface area (Å²) >= 11 is 6.11. The van der Waals surface area contributed by atoms with Crippen LogP contribution in [-0.4, -0.2) is 34.7 Å². The van der Waals surface area contributed by atoms with Gasteiger partial charge in [-0.05, 0) is 66.9 Å². The van der Waals surface area contributed by atoms with Gasteiger partial charge in [0.2, 0.25) is 0 Å². The molecule has 1 saturated carbocycles. The van der Waals surface area contributed by atoms with E-state index in [9.17, 15) is 19.8 Å². The monoisotopic (exact) mass is 503 g/mol. The SMILES string of the molecule is O=C(COc1ccc(-c2oc3cc(O)c(C(=O)O)cc3c2/C=C/c2cccc(Cl)c2)cc1)NC1CC1. The van der Waals surface area contributed by atoms with Crippen LogP contribution in [0.25, 0.3) is 34.4 Å². The molecule has 7 nitrogen and oxygen atoms in total. The van der Waals surface area contributed by atoms with Crippen molar-refractivity contribution in [3.8, 4) is 22.8 Å². The predicted molar refractivity (Wildman–Crippen MR) is 137 cm³/mol. The van der Waals surface area contributed by atoms with Gasteiger partial charge in [0.1, 0.15) is 28.4 Å². The second kappa shape index (κ2) is 9.79. The fraction of sp³-hybridized carbons (Fsp3) is 0.143. The first-order valence-corrected chi connectivity index (χ1v) is 11.7. The number of hydrogen-bond donors (Lipinski definition) is 3. The molecule has 36 heavy (non-hydrogen) atoms. The molecule has 1 fully saturated rings. The summed E-state index contributed by atoms with van der Waals surface area (Å²) in [5.74, 6) is -0.754. The Kier molecular flexibility index (Phi) is 6.40. The maximum atomic E-state index is 11.9. The fourth-order valence-corrected chi connectivity index (χ4v) is 4.04. The van der Waals surface area contributed by atoms with Crippen LogP contribution >= 0.6 is 11.6 Å². The van der Waals surface area contributed by atoms with E-state index in [0.29, 0.717) is 38.6 Å². The lowest BCUT2D eigenvalue weighted by atomic mass is 10.0. The van der Waals surface area contributed by atoms with E-state index in [1.54, 1.807) is 36.4 Å². The summed E-state index contributed by atoms with van der Waals surface area (Å²) in [4.78, 5) is 23.5. The highest BCUT2D eigenvalue weighted by molar-refractivity contribution is 6.30. The molecule has 0 bridgehead atoms. The number of phenols is 1. The second-order valence-corrected chi connectivity index (χ2v) is 9.00. The molecular formula is C28H22ClNO6. The van der Waals surface area contributed by atoms with E-state index < -0.39 is 5.97 Å². The van der Waals surface area contributed by atoms with Crippen LogP contribution in [-0.2, 0) is 4.79 Å². The molecule has 0 radical (unpaired) electrons. The zero-order valence-electron chi connectivity index (χ0n) is 19.0. The van der Waals surface area contributed by atoms with Gasteiger partial charge in [0, 0.05) is 33.6 Å². The lowest BCUT2D eigenvalue weighted by Gasteiger charge is -2.07. The van der Waals surface area contributed by atoms with Crippen LogP contribution in [0.2, 0.25) is 5.02 Å². The number of ether oxygens (including phenoxy) is 1. The van der Waals surface area contributed by atoms with Crippen molar-refractivity contribution >= 4 is 46.6 Å². The number of halogens is 1. The lowest BCUT2D eigenvalue weighted by molar-refractivity contribution is -0.123. The summed E-state index contributed by atoms with van der Waals surface area (Å²) in [6.45, 7) is -0.0641. The maximum absolute atomic E-state index is 11.9. The number of carbonyl (C=O) groups is 2. The first-order chi connectivity index (χ1) is 17.4. The van der Waals surface area contributed by atoms with Crippen molar-refractivity contribution < 1.29 is 29.0 Å². The number of benzene rings is 3. The summed E-state index contributed by atoms with van der Waals surface area (Å²) in [5, 5.41) is 23.7. The van der Waals surface area contributed by atoms with Crippen LogP contribution < -0.4 is 10.1 Å². The molecule has 1 heterocycles. The summed E-state index contributed by atoms with van der Waals surface area (Å²) in [6, 6.07) is 17.3. The summed E-state index contributed by atoms with van der Waals surface area (Å²) < 4.78 is 11.6. The molecule has 0 atom stereocenters.